The van der Waals surface area contributed by atoms with Gasteiger partial charge in [-0.05, 0) is 31.0 Å². The van der Waals surface area contributed by atoms with Gasteiger partial charge in [0.15, 0.2) is 0 Å². The first-order chi connectivity index (χ1) is 10.8. The zero-order valence-corrected chi connectivity index (χ0v) is 12.1. The summed E-state index contributed by atoms with van der Waals surface area (Å²) in [4.78, 5) is 23.2. The highest BCUT2D eigenvalue weighted by Gasteiger charge is 2.34. The van der Waals surface area contributed by atoms with Crippen LogP contribution in [0.3, 0.4) is 0 Å². The van der Waals surface area contributed by atoms with Gasteiger partial charge >= 0.3 is 12.1 Å². The molecule has 126 valence electrons. The van der Waals surface area contributed by atoms with Crippen LogP contribution < -0.4 is 5.32 Å². The molecule has 1 aromatic rings. The Balaban J connectivity index is 2.02. The fraction of sp³-hybridized carbons (Fsp3) is 0.467. The van der Waals surface area contributed by atoms with Gasteiger partial charge in [-0.3, -0.25) is 9.59 Å². The minimum atomic E-state index is -4.51. The lowest BCUT2D eigenvalue weighted by atomic mass is 9.96. The second kappa shape index (κ2) is 6.99. The molecule has 5 nitrogen and oxygen atoms in total. The SMILES string of the molecule is O=C(C[C@@H](C(=O)O)[C@H]1CCCO1)Nc1cccc(C(F)(F)F)c1. The largest absolute Gasteiger partial charge is 0.481 e. The molecule has 1 aliphatic rings. The Labute approximate surface area is 130 Å². The third-order valence-corrected chi connectivity index (χ3v) is 3.61. The molecule has 1 fully saturated rings. The van der Waals surface area contributed by atoms with Crippen molar-refractivity contribution < 1.29 is 32.6 Å². The highest BCUT2D eigenvalue weighted by atomic mass is 19.4. The van der Waals surface area contributed by atoms with Gasteiger partial charge in [-0.1, -0.05) is 6.07 Å². The third-order valence-electron chi connectivity index (χ3n) is 3.61. The van der Waals surface area contributed by atoms with Crippen molar-refractivity contribution in [1.82, 2.24) is 0 Å². The first-order valence-electron chi connectivity index (χ1n) is 7.09. The third kappa shape index (κ3) is 4.69. The lowest BCUT2D eigenvalue weighted by Gasteiger charge is -2.18. The fourth-order valence-electron chi connectivity index (χ4n) is 2.48. The standard InChI is InChI=1S/C15H16F3NO4/c16-15(17,18)9-3-1-4-10(7-9)19-13(20)8-11(14(21)22)12-5-2-6-23-12/h1,3-4,7,11-12H,2,5-6,8H2,(H,19,20)(H,21,22)/t11-,12-/m1/s1. The summed E-state index contributed by atoms with van der Waals surface area (Å²) in [6.07, 6.45) is -4.13. The smallest absolute Gasteiger partial charge is 0.416 e. The highest BCUT2D eigenvalue weighted by Crippen LogP contribution is 2.31. The molecule has 23 heavy (non-hydrogen) atoms. The van der Waals surface area contributed by atoms with E-state index in [-0.39, 0.29) is 12.1 Å². The van der Waals surface area contributed by atoms with E-state index in [1.807, 2.05) is 0 Å². The second-order valence-electron chi connectivity index (χ2n) is 5.33. The van der Waals surface area contributed by atoms with Gasteiger partial charge in [0.25, 0.3) is 0 Å². The molecule has 2 rings (SSSR count). The van der Waals surface area contributed by atoms with Crippen LogP contribution in [0.15, 0.2) is 24.3 Å². The molecular weight excluding hydrogens is 315 g/mol. The molecule has 1 aliphatic heterocycles. The summed E-state index contributed by atoms with van der Waals surface area (Å²) in [6.45, 7) is 0.448. The Kier molecular flexibility index (Phi) is 5.25. The average molecular weight is 331 g/mol. The van der Waals surface area contributed by atoms with Crippen LogP contribution in [0.4, 0.5) is 18.9 Å². The number of hydrogen-bond donors (Lipinski definition) is 2. The molecule has 1 aromatic carbocycles. The molecule has 0 aromatic heterocycles. The second-order valence-corrected chi connectivity index (χ2v) is 5.33. The van der Waals surface area contributed by atoms with E-state index < -0.39 is 35.6 Å². The van der Waals surface area contributed by atoms with Gasteiger partial charge < -0.3 is 15.2 Å². The lowest BCUT2D eigenvalue weighted by molar-refractivity contribution is -0.148. The number of carboxylic acid groups (broad SMARTS) is 1. The number of benzene rings is 1. The predicted octanol–water partition coefficient (Wildman–Crippen LogP) is 2.91. The quantitative estimate of drug-likeness (QED) is 0.870. The van der Waals surface area contributed by atoms with Crippen molar-refractivity contribution in [3.8, 4) is 0 Å². The van der Waals surface area contributed by atoms with Crippen molar-refractivity contribution in [1.29, 1.82) is 0 Å². The summed E-state index contributed by atoms with van der Waals surface area (Å²) in [5.41, 5.74) is -0.912. The first-order valence-corrected chi connectivity index (χ1v) is 7.09. The van der Waals surface area contributed by atoms with E-state index in [9.17, 15) is 27.9 Å². The molecule has 2 N–H and O–H groups in total. The van der Waals surface area contributed by atoms with Crippen molar-refractivity contribution in [2.45, 2.75) is 31.5 Å². The van der Waals surface area contributed by atoms with E-state index in [4.69, 9.17) is 4.74 Å². The van der Waals surface area contributed by atoms with E-state index in [2.05, 4.69) is 5.32 Å². The van der Waals surface area contributed by atoms with Crippen LogP contribution in [0.2, 0.25) is 0 Å². The normalized spacial score (nSPS) is 19.3. The van der Waals surface area contributed by atoms with Crippen molar-refractivity contribution >= 4 is 17.6 Å². The van der Waals surface area contributed by atoms with E-state index in [0.29, 0.717) is 13.0 Å². The van der Waals surface area contributed by atoms with E-state index in [1.165, 1.54) is 12.1 Å². The number of carbonyl (C=O) groups excluding carboxylic acids is 1. The molecule has 1 saturated heterocycles. The number of halogens is 3. The lowest BCUT2D eigenvalue weighted by Crippen LogP contribution is -2.31. The summed E-state index contributed by atoms with van der Waals surface area (Å²) in [5, 5.41) is 11.5. The minimum Gasteiger partial charge on any atom is -0.481 e. The van der Waals surface area contributed by atoms with Gasteiger partial charge in [0.2, 0.25) is 5.91 Å². The van der Waals surface area contributed by atoms with E-state index in [1.54, 1.807) is 0 Å². The number of hydrogen-bond acceptors (Lipinski definition) is 3. The molecule has 1 heterocycles. The molecule has 0 spiro atoms. The fourth-order valence-corrected chi connectivity index (χ4v) is 2.48. The molecule has 0 unspecified atom stereocenters. The van der Waals surface area contributed by atoms with Crippen molar-refractivity contribution in [3.63, 3.8) is 0 Å². The molecule has 8 heteroatoms. The maximum atomic E-state index is 12.6. The maximum Gasteiger partial charge on any atom is 0.416 e. The Morgan fingerprint density at radius 3 is 2.70 bits per heavy atom. The summed E-state index contributed by atoms with van der Waals surface area (Å²) in [5.74, 6) is -2.83. The molecular formula is C15H16F3NO4. The van der Waals surface area contributed by atoms with Crippen molar-refractivity contribution in [2.75, 3.05) is 11.9 Å². The Bertz CT molecular complexity index is 582. The van der Waals surface area contributed by atoms with Gasteiger partial charge in [-0.25, -0.2) is 0 Å². The predicted molar refractivity (Wildman–Crippen MR) is 74.8 cm³/mol. The van der Waals surface area contributed by atoms with Gasteiger partial charge in [0, 0.05) is 18.7 Å². The van der Waals surface area contributed by atoms with Crippen LogP contribution >= 0.6 is 0 Å². The number of anilines is 1. The van der Waals surface area contributed by atoms with E-state index in [0.717, 1.165) is 18.6 Å². The molecule has 0 aliphatic carbocycles. The summed E-state index contributed by atoms with van der Waals surface area (Å²) in [7, 11) is 0. The van der Waals surface area contributed by atoms with Crippen LogP contribution in [0.5, 0.6) is 0 Å². The molecule has 0 radical (unpaired) electrons. The number of rotatable bonds is 5. The van der Waals surface area contributed by atoms with Gasteiger partial charge in [0.05, 0.1) is 17.6 Å². The number of amides is 1. The van der Waals surface area contributed by atoms with Crippen LogP contribution in [0, 0.1) is 5.92 Å². The number of aliphatic carboxylic acids is 1. The summed E-state index contributed by atoms with van der Waals surface area (Å²) >= 11 is 0. The first kappa shape index (κ1) is 17.3. The Hall–Kier alpha value is -2.09. The molecule has 0 bridgehead atoms. The Morgan fingerprint density at radius 1 is 1.39 bits per heavy atom. The number of ether oxygens (including phenoxy) is 1. The Morgan fingerprint density at radius 2 is 2.13 bits per heavy atom. The number of carboxylic acids is 1. The number of carbonyl (C=O) groups is 2. The monoisotopic (exact) mass is 331 g/mol. The van der Waals surface area contributed by atoms with Gasteiger partial charge in [0.1, 0.15) is 0 Å². The molecule has 0 saturated carbocycles. The van der Waals surface area contributed by atoms with Crippen LogP contribution in [0.1, 0.15) is 24.8 Å². The minimum absolute atomic E-state index is 0.0266. The van der Waals surface area contributed by atoms with E-state index >= 15 is 0 Å². The summed E-state index contributed by atoms with van der Waals surface area (Å²) < 4.78 is 43.1. The topological polar surface area (TPSA) is 75.6 Å². The molecule has 2 atom stereocenters. The zero-order chi connectivity index (χ0) is 17.0. The van der Waals surface area contributed by atoms with Gasteiger partial charge in [-0.15, -0.1) is 0 Å². The number of alkyl halides is 3. The maximum absolute atomic E-state index is 12.6. The summed E-state index contributed by atoms with van der Waals surface area (Å²) in [6, 6.07) is 4.18. The average Bonchev–Trinajstić information content (AvgIpc) is 2.97. The van der Waals surface area contributed by atoms with Crippen LogP contribution in [0.25, 0.3) is 0 Å². The highest BCUT2D eigenvalue weighted by molar-refractivity contribution is 5.93. The van der Waals surface area contributed by atoms with Crippen LogP contribution in [-0.4, -0.2) is 29.7 Å². The van der Waals surface area contributed by atoms with Crippen molar-refractivity contribution in [2.24, 2.45) is 5.92 Å². The zero-order valence-electron chi connectivity index (χ0n) is 12.1. The van der Waals surface area contributed by atoms with Crippen molar-refractivity contribution in [3.05, 3.63) is 29.8 Å². The number of nitrogens with one attached hydrogen (secondary N) is 1. The van der Waals surface area contributed by atoms with Crippen LogP contribution in [-0.2, 0) is 20.5 Å². The molecule has 1 amide bonds. The van der Waals surface area contributed by atoms with Gasteiger partial charge in [-0.2, -0.15) is 13.2 Å².